The van der Waals surface area contributed by atoms with Gasteiger partial charge in [-0.25, -0.2) is 4.98 Å². The third-order valence-electron chi connectivity index (χ3n) is 5.47. The normalized spacial score (nSPS) is 15.5. The summed E-state index contributed by atoms with van der Waals surface area (Å²) in [5, 5.41) is 0.950. The molecule has 0 aliphatic carbocycles. The maximum Gasteiger partial charge on any atom is 0.297 e. The summed E-state index contributed by atoms with van der Waals surface area (Å²) in [4.78, 5) is 34.3. The van der Waals surface area contributed by atoms with Crippen LogP contribution < -0.4 is 15.1 Å². The molecule has 1 amide bonds. The van der Waals surface area contributed by atoms with Crippen molar-refractivity contribution in [1.29, 1.82) is 0 Å². The summed E-state index contributed by atoms with van der Waals surface area (Å²) in [7, 11) is 1.58. The second-order valence-electron chi connectivity index (χ2n) is 7.31. The lowest BCUT2D eigenvalue weighted by Crippen LogP contribution is -2.29. The van der Waals surface area contributed by atoms with Gasteiger partial charge in [0.1, 0.15) is 11.3 Å². The van der Waals surface area contributed by atoms with E-state index in [2.05, 4.69) is 20.9 Å². The third kappa shape index (κ3) is 3.09. The molecule has 1 atom stereocenters. The lowest BCUT2D eigenvalue weighted by Gasteiger charge is -2.22. The van der Waals surface area contributed by atoms with Crippen molar-refractivity contribution >= 4 is 49.3 Å². The van der Waals surface area contributed by atoms with Crippen molar-refractivity contribution in [2.45, 2.75) is 19.9 Å². The zero-order valence-corrected chi connectivity index (χ0v) is 19.3. The fraction of sp³-hybridized carbons (Fsp3) is 0.174. The minimum absolute atomic E-state index is 0.0538. The number of methoxy groups -OCH3 is 1. The predicted octanol–water partition coefficient (Wildman–Crippen LogP) is 5.39. The number of nitrogens with zero attached hydrogens (tertiary/aromatic N) is 2. The van der Waals surface area contributed by atoms with Gasteiger partial charge in [-0.15, -0.1) is 11.3 Å². The highest BCUT2D eigenvalue weighted by Gasteiger charge is 2.45. The Morgan fingerprint density at radius 2 is 1.97 bits per heavy atom. The van der Waals surface area contributed by atoms with Crippen LogP contribution in [0.5, 0.6) is 5.75 Å². The maximum atomic E-state index is 13.6. The minimum Gasteiger partial charge on any atom is -0.497 e. The van der Waals surface area contributed by atoms with E-state index in [0.29, 0.717) is 27.4 Å². The van der Waals surface area contributed by atoms with Crippen molar-refractivity contribution in [1.82, 2.24) is 4.98 Å². The zero-order valence-electron chi connectivity index (χ0n) is 16.9. The number of benzene rings is 2. The molecule has 0 spiro atoms. The molecule has 4 aromatic rings. The van der Waals surface area contributed by atoms with Gasteiger partial charge < -0.3 is 9.15 Å². The molecule has 3 heterocycles. The molecule has 1 aliphatic rings. The molecule has 2 aromatic carbocycles. The van der Waals surface area contributed by atoms with Crippen LogP contribution in [0.2, 0.25) is 0 Å². The number of hydrogen-bond acceptors (Lipinski definition) is 6. The maximum absolute atomic E-state index is 13.6. The molecule has 0 saturated carbocycles. The molecule has 8 heteroatoms. The molecule has 31 heavy (non-hydrogen) atoms. The average molecular weight is 497 g/mol. The number of carbonyl (C=O) groups excluding carboxylic acids is 1. The highest BCUT2D eigenvalue weighted by atomic mass is 79.9. The SMILES string of the molecule is COc1cccc([C@H]2c3c(oc4ccc(Br)cc4c3=O)C(=O)N2c2nc(C)c(C)s2)c1. The number of ether oxygens (including phenoxy) is 1. The number of carbonyl (C=O) groups is 1. The standard InChI is InChI=1S/C23H17BrN2O4S/c1-11-12(2)31-23(25-11)26-19(13-5-4-6-15(9-13)29-3)18-20(27)16-10-14(24)7-8-17(16)30-21(18)22(26)28/h4-10,19H,1-3H3/t19-/m0/s1. The lowest BCUT2D eigenvalue weighted by atomic mass is 9.98. The first-order valence-corrected chi connectivity index (χ1v) is 11.2. The number of thiazole rings is 1. The van der Waals surface area contributed by atoms with E-state index in [0.717, 1.165) is 20.6 Å². The number of fused-ring (bicyclic) bond motifs is 2. The molecular formula is C23H17BrN2O4S. The van der Waals surface area contributed by atoms with Gasteiger partial charge in [0, 0.05) is 9.35 Å². The molecule has 0 radical (unpaired) electrons. The summed E-state index contributed by atoms with van der Waals surface area (Å²) in [6, 6.07) is 11.9. The third-order valence-corrected chi connectivity index (χ3v) is 7.03. The van der Waals surface area contributed by atoms with E-state index in [1.807, 2.05) is 38.1 Å². The van der Waals surface area contributed by atoms with E-state index in [1.54, 1.807) is 30.2 Å². The van der Waals surface area contributed by atoms with Crippen LogP contribution in [-0.4, -0.2) is 18.0 Å². The number of anilines is 1. The first-order chi connectivity index (χ1) is 14.9. The Morgan fingerprint density at radius 3 is 2.68 bits per heavy atom. The van der Waals surface area contributed by atoms with Crippen molar-refractivity contribution in [3.8, 4) is 5.75 Å². The zero-order chi connectivity index (χ0) is 21.9. The van der Waals surface area contributed by atoms with Crippen LogP contribution in [0.4, 0.5) is 5.13 Å². The van der Waals surface area contributed by atoms with Crippen LogP contribution in [-0.2, 0) is 0 Å². The van der Waals surface area contributed by atoms with Crippen LogP contribution in [0.3, 0.4) is 0 Å². The van der Waals surface area contributed by atoms with Gasteiger partial charge >= 0.3 is 0 Å². The predicted molar refractivity (Wildman–Crippen MR) is 123 cm³/mol. The molecule has 0 fully saturated rings. The number of aryl methyl sites for hydroxylation is 2. The van der Waals surface area contributed by atoms with E-state index in [4.69, 9.17) is 9.15 Å². The highest BCUT2D eigenvalue weighted by Crippen LogP contribution is 2.43. The summed E-state index contributed by atoms with van der Waals surface area (Å²) in [6.45, 7) is 3.86. The van der Waals surface area contributed by atoms with Crippen molar-refractivity contribution in [3.63, 3.8) is 0 Å². The molecule has 5 rings (SSSR count). The van der Waals surface area contributed by atoms with Gasteiger partial charge in [0.05, 0.1) is 29.8 Å². The van der Waals surface area contributed by atoms with Gasteiger partial charge in [-0.3, -0.25) is 14.5 Å². The minimum atomic E-state index is -0.665. The average Bonchev–Trinajstić information content (AvgIpc) is 3.25. The fourth-order valence-electron chi connectivity index (χ4n) is 3.83. The Morgan fingerprint density at radius 1 is 1.16 bits per heavy atom. The van der Waals surface area contributed by atoms with Gasteiger partial charge in [-0.05, 0) is 49.7 Å². The van der Waals surface area contributed by atoms with E-state index in [-0.39, 0.29) is 17.1 Å². The van der Waals surface area contributed by atoms with Gasteiger partial charge in [0.25, 0.3) is 5.91 Å². The topological polar surface area (TPSA) is 72.6 Å². The smallest absolute Gasteiger partial charge is 0.297 e. The van der Waals surface area contributed by atoms with Gasteiger partial charge in [0.2, 0.25) is 5.76 Å². The van der Waals surface area contributed by atoms with Crippen LogP contribution in [0.15, 0.2) is 56.1 Å². The Kier molecular flexibility index (Phi) is 4.71. The lowest BCUT2D eigenvalue weighted by molar-refractivity contribution is 0.0971. The summed E-state index contributed by atoms with van der Waals surface area (Å²) >= 11 is 4.83. The van der Waals surface area contributed by atoms with Crippen LogP contribution in [0.25, 0.3) is 11.0 Å². The number of rotatable bonds is 3. The Hall–Kier alpha value is -2.97. The van der Waals surface area contributed by atoms with Gasteiger partial charge in [-0.1, -0.05) is 28.1 Å². The molecular weight excluding hydrogens is 480 g/mol. The van der Waals surface area contributed by atoms with E-state index >= 15 is 0 Å². The second-order valence-corrected chi connectivity index (χ2v) is 9.40. The first-order valence-electron chi connectivity index (χ1n) is 9.57. The van der Waals surface area contributed by atoms with Crippen molar-refractivity contribution in [2.24, 2.45) is 0 Å². The molecule has 156 valence electrons. The van der Waals surface area contributed by atoms with Crippen LogP contribution >= 0.6 is 27.3 Å². The van der Waals surface area contributed by atoms with E-state index in [1.165, 1.54) is 11.3 Å². The molecule has 6 nitrogen and oxygen atoms in total. The summed E-state index contributed by atoms with van der Waals surface area (Å²) in [6.07, 6.45) is 0. The Labute approximate surface area is 190 Å². The molecule has 0 bridgehead atoms. The quantitative estimate of drug-likeness (QED) is 0.380. The highest BCUT2D eigenvalue weighted by molar-refractivity contribution is 9.10. The summed E-state index contributed by atoms with van der Waals surface area (Å²) < 4.78 is 12.1. The second kappa shape index (κ2) is 7.32. The molecule has 0 unspecified atom stereocenters. The first kappa shape index (κ1) is 20.0. The van der Waals surface area contributed by atoms with Crippen LogP contribution in [0, 0.1) is 13.8 Å². The van der Waals surface area contributed by atoms with Gasteiger partial charge in [0.15, 0.2) is 10.6 Å². The number of amides is 1. The summed E-state index contributed by atoms with van der Waals surface area (Å²) in [5.74, 6) is 0.314. The number of halogens is 1. The monoisotopic (exact) mass is 496 g/mol. The van der Waals surface area contributed by atoms with Crippen LogP contribution in [0.1, 0.15) is 38.3 Å². The van der Waals surface area contributed by atoms with Crippen molar-refractivity contribution in [2.75, 3.05) is 12.0 Å². The molecule has 0 N–H and O–H groups in total. The van der Waals surface area contributed by atoms with Gasteiger partial charge in [-0.2, -0.15) is 0 Å². The van der Waals surface area contributed by atoms with E-state index < -0.39 is 6.04 Å². The Bertz CT molecular complexity index is 1410. The van der Waals surface area contributed by atoms with E-state index in [9.17, 15) is 9.59 Å². The molecule has 1 aliphatic heterocycles. The van der Waals surface area contributed by atoms with Crippen molar-refractivity contribution < 1.29 is 13.9 Å². The number of aromatic nitrogens is 1. The molecule has 2 aromatic heterocycles. The molecule has 0 saturated heterocycles. The largest absolute Gasteiger partial charge is 0.497 e. The summed E-state index contributed by atoms with van der Waals surface area (Å²) in [5.41, 5.74) is 2.05. The fourth-order valence-corrected chi connectivity index (χ4v) is 5.13. The Balaban J connectivity index is 1.83. The number of hydrogen-bond donors (Lipinski definition) is 0. The van der Waals surface area contributed by atoms with Crippen molar-refractivity contribution in [3.05, 3.63) is 84.6 Å².